The molecular formula is C35H29N3OSi. The van der Waals surface area contributed by atoms with Crippen LogP contribution in [0.2, 0.25) is 0 Å². The Morgan fingerprint density at radius 3 is 2.00 bits per heavy atom. The minimum Gasteiger partial charge on any atom is -0.457 e. The number of aromatic nitrogens is 3. The fourth-order valence-corrected chi connectivity index (χ4v) is 11.7. The molecule has 4 aromatic carbocycles. The molecule has 0 saturated carbocycles. The Kier molecular flexibility index (Phi) is 5.75. The second-order valence-electron chi connectivity index (χ2n) is 10.8. The Labute approximate surface area is 235 Å². The van der Waals surface area contributed by atoms with Crippen LogP contribution in [0, 0.1) is 0 Å². The van der Waals surface area contributed by atoms with E-state index in [9.17, 15) is 0 Å². The molecule has 0 spiro atoms. The van der Waals surface area contributed by atoms with Gasteiger partial charge in [-0.2, -0.15) is 5.10 Å². The molecule has 5 heteroatoms. The zero-order valence-corrected chi connectivity index (χ0v) is 23.5. The summed E-state index contributed by atoms with van der Waals surface area (Å²) in [6, 6.07) is 42.8. The number of hydrogen-bond donors (Lipinski definition) is 0. The van der Waals surface area contributed by atoms with Gasteiger partial charge in [-0.15, -0.1) is 0 Å². The second-order valence-corrected chi connectivity index (χ2v) is 14.4. The van der Waals surface area contributed by atoms with Crippen LogP contribution < -0.4 is 25.6 Å². The van der Waals surface area contributed by atoms with Crippen molar-refractivity contribution < 1.29 is 4.74 Å². The van der Waals surface area contributed by atoms with E-state index in [1.165, 1.54) is 26.7 Å². The summed E-state index contributed by atoms with van der Waals surface area (Å²) < 4.78 is 8.34. The van der Waals surface area contributed by atoms with Gasteiger partial charge in [0.05, 0.1) is 5.69 Å². The average Bonchev–Trinajstić information content (AvgIpc) is 3.54. The zero-order valence-electron chi connectivity index (χ0n) is 22.5. The average molecular weight is 536 g/mol. The van der Waals surface area contributed by atoms with E-state index in [4.69, 9.17) is 9.72 Å². The van der Waals surface area contributed by atoms with Gasteiger partial charge in [-0.3, -0.25) is 4.98 Å². The lowest BCUT2D eigenvalue weighted by Crippen LogP contribution is -2.79. The fraction of sp³-hybridized carbons (Fsp3) is 0.0857. The number of hydrogen-bond acceptors (Lipinski definition) is 3. The van der Waals surface area contributed by atoms with Gasteiger partial charge in [0, 0.05) is 35.4 Å². The van der Waals surface area contributed by atoms with E-state index >= 15 is 0 Å². The molecule has 0 aliphatic carbocycles. The Morgan fingerprint density at radius 1 is 0.650 bits per heavy atom. The molecule has 0 radical (unpaired) electrons. The molecule has 1 aliphatic heterocycles. The molecule has 4 nitrogen and oxygen atoms in total. The smallest absolute Gasteiger partial charge is 0.202 e. The zero-order chi connectivity index (χ0) is 27.2. The molecule has 3 heterocycles. The maximum Gasteiger partial charge on any atom is 0.202 e. The highest BCUT2D eigenvalue weighted by molar-refractivity contribution is 7.20. The summed E-state index contributed by atoms with van der Waals surface area (Å²) in [6.45, 7) is 4.68. The van der Waals surface area contributed by atoms with Gasteiger partial charge in [0.25, 0.3) is 0 Å². The minimum absolute atomic E-state index is 0.125. The molecule has 7 rings (SSSR count). The van der Waals surface area contributed by atoms with Crippen molar-refractivity contribution in [3.05, 3.63) is 151 Å². The van der Waals surface area contributed by atoms with Crippen LogP contribution in [-0.4, -0.2) is 22.8 Å². The predicted octanol–water partition coefficient (Wildman–Crippen LogP) is 5.08. The predicted molar refractivity (Wildman–Crippen MR) is 164 cm³/mol. The van der Waals surface area contributed by atoms with Gasteiger partial charge < -0.3 is 4.74 Å². The monoisotopic (exact) mass is 535 g/mol. The fourth-order valence-electron chi connectivity index (χ4n) is 6.36. The minimum atomic E-state index is -2.77. The normalized spacial score (nSPS) is 14.7. The van der Waals surface area contributed by atoms with Crippen molar-refractivity contribution in [1.29, 1.82) is 0 Å². The van der Waals surface area contributed by atoms with Crippen LogP contribution in [0.5, 0.6) is 11.5 Å². The number of benzene rings is 4. The van der Waals surface area contributed by atoms with Crippen molar-refractivity contribution in [2.75, 3.05) is 0 Å². The highest BCUT2D eigenvalue weighted by atomic mass is 28.3. The van der Waals surface area contributed by atoms with E-state index < -0.39 is 8.07 Å². The van der Waals surface area contributed by atoms with Crippen LogP contribution in [0.1, 0.15) is 25.0 Å². The topological polar surface area (TPSA) is 39.9 Å². The van der Waals surface area contributed by atoms with Gasteiger partial charge in [0.1, 0.15) is 11.5 Å². The van der Waals surface area contributed by atoms with Crippen molar-refractivity contribution in [2.45, 2.75) is 19.3 Å². The van der Waals surface area contributed by atoms with Gasteiger partial charge in [0.2, 0.25) is 8.07 Å². The molecule has 0 fully saturated rings. The van der Waals surface area contributed by atoms with Crippen molar-refractivity contribution in [1.82, 2.24) is 14.8 Å². The van der Waals surface area contributed by atoms with E-state index in [0.29, 0.717) is 0 Å². The molecule has 0 bridgehead atoms. The van der Waals surface area contributed by atoms with Gasteiger partial charge in [-0.05, 0) is 69.2 Å². The summed E-state index contributed by atoms with van der Waals surface area (Å²) in [6.07, 6.45) is 5.64. The first-order valence-corrected chi connectivity index (χ1v) is 15.6. The van der Waals surface area contributed by atoms with Crippen molar-refractivity contribution in [3.63, 3.8) is 0 Å². The van der Waals surface area contributed by atoms with Crippen LogP contribution in [0.15, 0.2) is 140 Å². The number of pyridine rings is 1. The van der Waals surface area contributed by atoms with E-state index in [2.05, 4.69) is 97.8 Å². The first-order valence-electron chi connectivity index (χ1n) is 13.6. The Hall–Kier alpha value is -4.74. The first-order chi connectivity index (χ1) is 19.6. The maximum absolute atomic E-state index is 6.51. The van der Waals surface area contributed by atoms with Crippen molar-refractivity contribution in [2.24, 2.45) is 0 Å². The van der Waals surface area contributed by atoms with Gasteiger partial charge >= 0.3 is 0 Å². The van der Waals surface area contributed by atoms with E-state index in [1.807, 2.05) is 59.5 Å². The van der Waals surface area contributed by atoms with Crippen LogP contribution in [0.4, 0.5) is 0 Å². The second kappa shape index (κ2) is 9.47. The van der Waals surface area contributed by atoms with E-state index in [0.717, 1.165) is 22.5 Å². The lowest BCUT2D eigenvalue weighted by atomic mass is 9.77. The molecule has 0 atom stereocenters. The lowest BCUT2D eigenvalue weighted by molar-refractivity contribution is 0.482. The SMILES string of the molecule is CC1(C)c2ccccc2[Si](c2cccc(Oc3cccc(-n4cccn4)c3)c2)(c2ccccn2)c2ccccc21. The third kappa shape index (κ3) is 3.73. The van der Waals surface area contributed by atoms with Crippen LogP contribution >= 0.6 is 0 Å². The van der Waals surface area contributed by atoms with E-state index in [-0.39, 0.29) is 5.41 Å². The van der Waals surface area contributed by atoms with Crippen molar-refractivity contribution >= 4 is 29.0 Å². The van der Waals surface area contributed by atoms with Gasteiger partial charge in [-0.25, -0.2) is 4.68 Å². The maximum atomic E-state index is 6.51. The Morgan fingerprint density at radius 2 is 1.32 bits per heavy atom. The van der Waals surface area contributed by atoms with E-state index in [1.54, 1.807) is 6.20 Å². The third-order valence-electron chi connectivity index (χ3n) is 8.15. The molecular weight excluding hydrogens is 506 g/mol. The van der Waals surface area contributed by atoms with Gasteiger partial charge in [-0.1, -0.05) is 86.6 Å². The summed E-state index contributed by atoms with van der Waals surface area (Å²) in [5, 5.41) is 9.52. The number of fused-ring (bicyclic) bond motifs is 2. The largest absolute Gasteiger partial charge is 0.457 e. The molecule has 2 aromatic heterocycles. The summed E-state index contributed by atoms with van der Waals surface area (Å²) >= 11 is 0. The van der Waals surface area contributed by atoms with Gasteiger partial charge in [0.15, 0.2) is 0 Å². The number of ether oxygens (including phenoxy) is 1. The summed E-state index contributed by atoms with van der Waals surface area (Å²) in [5.41, 5.74) is 3.56. The highest BCUT2D eigenvalue weighted by Crippen LogP contribution is 2.35. The van der Waals surface area contributed by atoms with Crippen LogP contribution in [0.25, 0.3) is 5.69 Å². The quantitative estimate of drug-likeness (QED) is 0.289. The molecule has 6 aromatic rings. The summed E-state index contributed by atoms with van der Waals surface area (Å²) in [4.78, 5) is 5.06. The molecule has 0 amide bonds. The Bertz CT molecular complexity index is 1760. The molecule has 1 aliphatic rings. The molecule has 40 heavy (non-hydrogen) atoms. The summed E-state index contributed by atoms with van der Waals surface area (Å²) in [5.74, 6) is 1.57. The lowest BCUT2D eigenvalue weighted by Gasteiger charge is -2.45. The van der Waals surface area contributed by atoms with Crippen molar-refractivity contribution in [3.8, 4) is 17.2 Å². The molecule has 0 N–H and O–H groups in total. The Balaban J connectivity index is 1.44. The van der Waals surface area contributed by atoms with Crippen LogP contribution in [0.3, 0.4) is 0 Å². The molecule has 0 unspecified atom stereocenters. The summed E-state index contributed by atoms with van der Waals surface area (Å²) in [7, 11) is -2.77. The highest BCUT2D eigenvalue weighted by Gasteiger charge is 2.51. The molecule has 194 valence electrons. The molecule has 0 saturated heterocycles. The first kappa shape index (κ1) is 24.3. The number of nitrogens with zero attached hydrogens (tertiary/aromatic N) is 3. The third-order valence-corrected chi connectivity index (χ3v) is 12.9. The number of rotatable bonds is 5. The standard InChI is InChI=1S/C35H29N3OSi/c1-35(2)30-16-3-5-18-32(30)40(34-20-7-8-21-36-34,33-19-6-4-17-31(33)35)29-15-10-14-28(25-29)39-27-13-9-12-26(24-27)38-23-11-22-37-38/h3-25H,1-2H3. The van der Waals surface area contributed by atoms with Crippen LogP contribution in [-0.2, 0) is 5.41 Å².